The number of amides is 1. The van der Waals surface area contributed by atoms with Gasteiger partial charge in [-0.3, -0.25) is 4.79 Å². The lowest BCUT2D eigenvalue weighted by Crippen LogP contribution is -2.55. The normalized spacial score (nSPS) is 18.2. The third-order valence-corrected chi connectivity index (χ3v) is 5.22. The van der Waals surface area contributed by atoms with Gasteiger partial charge in [0.05, 0.1) is 0 Å². The Morgan fingerprint density at radius 2 is 2.08 bits per heavy atom. The van der Waals surface area contributed by atoms with Gasteiger partial charge in [0.25, 0.3) is 5.91 Å². The molecule has 128 valence electrons. The summed E-state index contributed by atoms with van der Waals surface area (Å²) in [4.78, 5) is 19.5. The number of carbonyl (C=O) groups is 1. The molecule has 0 N–H and O–H groups in total. The van der Waals surface area contributed by atoms with E-state index < -0.39 is 4.84 Å². The minimum atomic E-state index is -1.00. The monoisotopic (exact) mass is 384 g/mol. The van der Waals surface area contributed by atoms with Crippen LogP contribution in [0.5, 0.6) is 0 Å². The summed E-state index contributed by atoms with van der Waals surface area (Å²) >= 11 is 12.8. The number of piperazine rings is 1. The highest BCUT2D eigenvalue weighted by atomic mass is 35.5. The van der Waals surface area contributed by atoms with Crippen LogP contribution in [-0.2, 0) is 11.2 Å². The van der Waals surface area contributed by atoms with E-state index >= 15 is 0 Å². The number of carbonyl (C=O) groups excluding carboxylic acids is 1. The van der Waals surface area contributed by atoms with Crippen molar-refractivity contribution in [1.82, 2.24) is 14.3 Å². The van der Waals surface area contributed by atoms with Crippen LogP contribution in [0.3, 0.4) is 0 Å². The molecule has 0 bridgehead atoms. The van der Waals surface area contributed by atoms with Crippen molar-refractivity contribution in [1.29, 1.82) is 0 Å². The number of nitrogens with zero attached hydrogens (tertiary/aromatic N) is 4. The van der Waals surface area contributed by atoms with Gasteiger partial charge in [0.15, 0.2) is 4.84 Å². The second kappa shape index (κ2) is 7.68. The zero-order chi connectivity index (χ0) is 17.1. The minimum Gasteiger partial charge on any atom is -0.343 e. The van der Waals surface area contributed by atoms with E-state index in [4.69, 9.17) is 23.2 Å². The van der Waals surface area contributed by atoms with Gasteiger partial charge in [0.2, 0.25) is 5.13 Å². The number of halogens is 2. The Morgan fingerprint density at radius 1 is 1.33 bits per heavy atom. The van der Waals surface area contributed by atoms with E-state index in [0.717, 1.165) is 17.4 Å². The molecule has 1 atom stereocenters. The number of alkyl halides is 2. The van der Waals surface area contributed by atoms with E-state index in [-0.39, 0.29) is 11.9 Å². The predicted molar refractivity (Wildman–Crippen MR) is 98.0 cm³/mol. The fourth-order valence-electron chi connectivity index (χ4n) is 2.81. The van der Waals surface area contributed by atoms with E-state index in [1.54, 1.807) is 4.90 Å². The van der Waals surface area contributed by atoms with Crippen LogP contribution in [0.4, 0.5) is 5.13 Å². The molecule has 0 saturated carbocycles. The summed E-state index contributed by atoms with van der Waals surface area (Å²) in [6, 6.07) is 10.2. The molecule has 1 fully saturated rings. The maximum absolute atomic E-state index is 12.0. The molecule has 1 aromatic carbocycles. The summed E-state index contributed by atoms with van der Waals surface area (Å²) in [6.07, 6.45) is 0.728. The number of rotatable bonds is 4. The fraction of sp³-hybridized carbons (Fsp3) is 0.438. The molecule has 1 aliphatic heterocycles. The Labute approximate surface area is 155 Å². The first-order chi connectivity index (χ1) is 11.5. The highest BCUT2D eigenvalue weighted by Gasteiger charge is 2.31. The summed E-state index contributed by atoms with van der Waals surface area (Å²) < 4.78 is 4.46. The lowest BCUT2D eigenvalue weighted by Gasteiger charge is -2.39. The molecule has 1 amide bonds. The van der Waals surface area contributed by atoms with Crippen LogP contribution in [0.15, 0.2) is 30.3 Å². The summed E-state index contributed by atoms with van der Waals surface area (Å²) in [5.74, 6) is 0.599. The van der Waals surface area contributed by atoms with Gasteiger partial charge in [0.1, 0.15) is 5.82 Å². The van der Waals surface area contributed by atoms with E-state index in [2.05, 4.69) is 26.4 Å². The van der Waals surface area contributed by atoms with Crippen LogP contribution in [0.1, 0.15) is 18.3 Å². The van der Waals surface area contributed by atoms with Crippen molar-refractivity contribution >= 4 is 45.8 Å². The first kappa shape index (κ1) is 17.5. The highest BCUT2D eigenvalue weighted by Crippen LogP contribution is 2.23. The van der Waals surface area contributed by atoms with Crippen molar-refractivity contribution < 1.29 is 4.79 Å². The molecular weight excluding hydrogens is 367 g/mol. The Hall–Kier alpha value is -1.37. The second-order valence-electron chi connectivity index (χ2n) is 5.78. The third kappa shape index (κ3) is 3.99. The van der Waals surface area contributed by atoms with Crippen LogP contribution >= 0.6 is 34.7 Å². The van der Waals surface area contributed by atoms with Crippen LogP contribution < -0.4 is 4.90 Å². The van der Waals surface area contributed by atoms with Crippen molar-refractivity contribution in [3.8, 4) is 0 Å². The Morgan fingerprint density at radius 3 is 2.75 bits per heavy atom. The van der Waals surface area contributed by atoms with Gasteiger partial charge in [-0.15, -0.1) is 0 Å². The molecule has 5 nitrogen and oxygen atoms in total. The summed E-state index contributed by atoms with van der Waals surface area (Å²) in [7, 11) is 0. The minimum absolute atomic E-state index is 0.0349. The second-order valence-corrected chi connectivity index (χ2v) is 7.61. The summed E-state index contributed by atoms with van der Waals surface area (Å²) in [6.45, 7) is 3.98. The first-order valence-electron chi connectivity index (χ1n) is 7.74. The highest BCUT2D eigenvalue weighted by molar-refractivity contribution is 7.09. The molecule has 3 rings (SSSR count). The van der Waals surface area contributed by atoms with Gasteiger partial charge in [0, 0.05) is 43.6 Å². The molecule has 24 heavy (non-hydrogen) atoms. The smallest absolute Gasteiger partial charge is 0.256 e. The number of aromatic nitrogens is 2. The lowest BCUT2D eigenvalue weighted by molar-refractivity contribution is -0.131. The van der Waals surface area contributed by atoms with Crippen molar-refractivity contribution in [2.45, 2.75) is 24.2 Å². The van der Waals surface area contributed by atoms with Crippen molar-refractivity contribution in [3.05, 3.63) is 41.7 Å². The third-order valence-electron chi connectivity index (χ3n) is 4.03. The quantitative estimate of drug-likeness (QED) is 0.760. The van der Waals surface area contributed by atoms with Crippen LogP contribution in [-0.4, -0.2) is 50.7 Å². The number of hydrogen-bond acceptors (Lipinski definition) is 5. The van der Waals surface area contributed by atoms with Gasteiger partial charge in [-0.1, -0.05) is 53.5 Å². The fourth-order valence-corrected chi connectivity index (χ4v) is 3.78. The SMILES string of the molecule is C[C@@H]1CN(c2nc(Cc3ccccc3)ns2)CCN1C(=O)C(Cl)Cl. The van der Waals surface area contributed by atoms with Crippen molar-refractivity contribution in [3.63, 3.8) is 0 Å². The summed E-state index contributed by atoms with van der Waals surface area (Å²) in [5.41, 5.74) is 1.20. The van der Waals surface area contributed by atoms with Gasteiger partial charge < -0.3 is 9.80 Å². The number of benzene rings is 1. The zero-order valence-electron chi connectivity index (χ0n) is 13.2. The predicted octanol–water partition coefficient (Wildman–Crippen LogP) is 2.97. The molecule has 1 saturated heterocycles. The van der Waals surface area contributed by atoms with E-state index in [1.807, 2.05) is 25.1 Å². The largest absolute Gasteiger partial charge is 0.343 e. The molecule has 0 radical (unpaired) electrons. The molecule has 2 aromatic rings. The van der Waals surface area contributed by atoms with E-state index in [0.29, 0.717) is 19.6 Å². The topological polar surface area (TPSA) is 49.3 Å². The Kier molecular flexibility index (Phi) is 5.58. The maximum atomic E-state index is 12.0. The number of hydrogen-bond donors (Lipinski definition) is 0. The van der Waals surface area contributed by atoms with E-state index in [1.165, 1.54) is 17.1 Å². The van der Waals surface area contributed by atoms with E-state index in [9.17, 15) is 4.79 Å². The molecule has 0 aliphatic carbocycles. The van der Waals surface area contributed by atoms with Crippen molar-refractivity contribution in [2.24, 2.45) is 0 Å². The zero-order valence-corrected chi connectivity index (χ0v) is 15.6. The molecular formula is C16H18Cl2N4OS. The Balaban J connectivity index is 1.63. The van der Waals surface area contributed by atoms with Crippen LogP contribution in [0, 0.1) is 0 Å². The van der Waals surface area contributed by atoms with Crippen LogP contribution in [0.25, 0.3) is 0 Å². The molecule has 8 heteroatoms. The van der Waals surface area contributed by atoms with Gasteiger partial charge in [-0.05, 0) is 12.5 Å². The summed E-state index contributed by atoms with van der Waals surface area (Å²) in [5, 5.41) is 0.896. The van der Waals surface area contributed by atoms with Gasteiger partial charge in [-0.2, -0.15) is 4.37 Å². The maximum Gasteiger partial charge on any atom is 0.256 e. The average molecular weight is 385 g/mol. The van der Waals surface area contributed by atoms with Crippen LogP contribution in [0.2, 0.25) is 0 Å². The molecule has 1 aliphatic rings. The lowest BCUT2D eigenvalue weighted by atomic mass is 10.1. The van der Waals surface area contributed by atoms with Gasteiger partial charge in [-0.25, -0.2) is 4.98 Å². The van der Waals surface area contributed by atoms with Crippen molar-refractivity contribution in [2.75, 3.05) is 24.5 Å². The molecule has 0 spiro atoms. The molecule has 0 unspecified atom stereocenters. The van der Waals surface area contributed by atoms with Gasteiger partial charge >= 0.3 is 0 Å². The molecule has 2 heterocycles. The first-order valence-corrected chi connectivity index (χ1v) is 9.39. The Bertz CT molecular complexity index is 694. The standard InChI is InChI=1S/C16H18Cl2N4OS/c1-11-10-21(7-8-22(11)15(23)14(17)18)16-19-13(20-24-16)9-12-5-3-2-4-6-12/h2-6,11,14H,7-10H2,1H3/t11-/m1/s1. The average Bonchev–Trinajstić information content (AvgIpc) is 3.03. The molecule has 1 aromatic heterocycles. The number of anilines is 1.